The third-order valence-electron chi connectivity index (χ3n) is 3.11. The van der Waals surface area contributed by atoms with Crippen LogP contribution in [0.2, 0.25) is 0 Å². The zero-order valence-corrected chi connectivity index (χ0v) is 12.0. The molecule has 0 bridgehead atoms. The lowest BCUT2D eigenvalue weighted by molar-refractivity contribution is 0.567. The summed E-state index contributed by atoms with van der Waals surface area (Å²) in [6, 6.07) is 2.67. The fraction of sp³-hybridized carbons (Fsp3) is 0.600. The number of nitrogens with two attached hydrogens (primary N) is 1. The molecule has 1 unspecified atom stereocenters. The van der Waals surface area contributed by atoms with E-state index in [0.717, 1.165) is 19.3 Å². The van der Waals surface area contributed by atoms with E-state index in [1.165, 1.54) is 12.1 Å². The van der Waals surface area contributed by atoms with Crippen LogP contribution in [0.4, 0.5) is 14.5 Å². The molecule has 1 atom stereocenters. The Balaban J connectivity index is 2.84. The fourth-order valence-corrected chi connectivity index (χ4v) is 2.18. The van der Waals surface area contributed by atoms with Crippen LogP contribution >= 0.6 is 0 Å². The largest absolute Gasteiger partial charge is 0.370 e. The van der Waals surface area contributed by atoms with Crippen LogP contribution in [-0.4, -0.2) is 19.6 Å². The summed E-state index contributed by atoms with van der Waals surface area (Å²) >= 11 is 0. The van der Waals surface area contributed by atoms with Crippen LogP contribution in [0.1, 0.15) is 38.7 Å². The van der Waals surface area contributed by atoms with Gasteiger partial charge in [0.15, 0.2) is 0 Å². The van der Waals surface area contributed by atoms with Crippen molar-refractivity contribution in [1.82, 2.24) is 0 Å². The second-order valence-corrected chi connectivity index (χ2v) is 5.22. The van der Waals surface area contributed by atoms with E-state index in [4.69, 9.17) is 5.73 Å². The molecule has 1 aromatic carbocycles. The van der Waals surface area contributed by atoms with Gasteiger partial charge >= 0.3 is 0 Å². The zero-order valence-electron chi connectivity index (χ0n) is 12.0. The first kappa shape index (κ1) is 15.9. The molecule has 0 amide bonds. The predicted octanol–water partition coefficient (Wildman–Crippen LogP) is 3.48. The maximum Gasteiger partial charge on any atom is 0.149 e. The van der Waals surface area contributed by atoms with E-state index in [2.05, 4.69) is 6.92 Å². The number of hydrogen-bond donors (Lipinski definition) is 1. The normalized spacial score (nSPS) is 12.5. The molecule has 0 heterocycles. The molecule has 108 valence electrons. The Labute approximate surface area is 114 Å². The highest BCUT2D eigenvalue weighted by Crippen LogP contribution is 2.25. The van der Waals surface area contributed by atoms with Crippen molar-refractivity contribution in [2.75, 3.05) is 18.5 Å². The molecule has 0 saturated carbocycles. The molecular weight excluding hydrogens is 246 g/mol. The van der Waals surface area contributed by atoms with E-state index in [1.54, 1.807) is 11.9 Å². The first-order chi connectivity index (χ1) is 8.95. The lowest BCUT2D eigenvalue weighted by Crippen LogP contribution is -2.22. The SMILES string of the molecule is CCCCCN(C)c1c(F)cc(CC(C)N)cc1F. The number of nitrogens with zero attached hydrogens (tertiary/aromatic N) is 1. The predicted molar refractivity (Wildman–Crippen MR) is 76.5 cm³/mol. The van der Waals surface area contributed by atoms with Crippen molar-refractivity contribution in [3.8, 4) is 0 Å². The maximum atomic E-state index is 14.0. The van der Waals surface area contributed by atoms with Crippen LogP contribution in [0.15, 0.2) is 12.1 Å². The molecule has 0 aliphatic heterocycles. The maximum absolute atomic E-state index is 14.0. The number of hydrogen-bond acceptors (Lipinski definition) is 2. The van der Waals surface area contributed by atoms with E-state index in [0.29, 0.717) is 18.5 Å². The quantitative estimate of drug-likeness (QED) is 0.769. The summed E-state index contributed by atoms with van der Waals surface area (Å²) in [6.07, 6.45) is 3.57. The smallest absolute Gasteiger partial charge is 0.149 e. The van der Waals surface area contributed by atoms with E-state index < -0.39 is 11.6 Å². The molecule has 1 rings (SSSR count). The third-order valence-corrected chi connectivity index (χ3v) is 3.11. The summed E-state index contributed by atoms with van der Waals surface area (Å²) in [6.45, 7) is 4.58. The highest BCUT2D eigenvalue weighted by molar-refractivity contribution is 5.50. The number of benzene rings is 1. The summed E-state index contributed by atoms with van der Waals surface area (Å²) in [5, 5.41) is 0. The van der Waals surface area contributed by atoms with E-state index in [-0.39, 0.29) is 11.7 Å². The lowest BCUT2D eigenvalue weighted by Gasteiger charge is -2.21. The number of rotatable bonds is 7. The van der Waals surface area contributed by atoms with Crippen molar-refractivity contribution in [2.24, 2.45) is 5.73 Å². The van der Waals surface area contributed by atoms with Crippen molar-refractivity contribution in [3.63, 3.8) is 0 Å². The van der Waals surface area contributed by atoms with Gasteiger partial charge in [-0.05, 0) is 37.5 Å². The number of halogens is 2. The second-order valence-electron chi connectivity index (χ2n) is 5.22. The zero-order chi connectivity index (χ0) is 14.4. The summed E-state index contributed by atoms with van der Waals surface area (Å²) < 4.78 is 28.0. The lowest BCUT2D eigenvalue weighted by atomic mass is 10.1. The Bertz CT molecular complexity index is 382. The molecular formula is C15H24F2N2. The molecule has 0 aliphatic carbocycles. The average Bonchev–Trinajstić information content (AvgIpc) is 2.27. The van der Waals surface area contributed by atoms with Gasteiger partial charge in [0.25, 0.3) is 0 Å². The van der Waals surface area contributed by atoms with Crippen molar-refractivity contribution in [3.05, 3.63) is 29.3 Å². The average molecular weight is 270 g/mol. The molecule has 0 spiro atoms. The Hall–Kier alpha value is -1.16. The Morgan fingerprint density at radius 3 is 2.26 bits per heavy atom. The summed E-state index contributed by atoms with van der Waals surface area (Å²) in [5.41, 5.74) is 6.32. The molecule has 1 aromatic rings. The van der Waals surface area contributed by atoms with Crippen LogP contribution < -0.4 is 10.6 Å². The van der Waals surface area contributed by atoms with E-state index >= 15 is 0 Å². The number of anilines is 1. The van der Waals surface area contributed by atoms with Crippen LogP contribution in [0.5, 0.6) is 0 Å². The fourth-order valence-electron chi connectivity index (χ4n) is 2.18. The second kappa shape index (κ2) is 7.43. The molecule has 0 aromatic heterocycles. The van der Waals surface area contributed by atoms with Crippen molar-refractivity contribution in [2.45, 2.75) is 45.6 Å². The molecule has 2 N–H and O–H groups in total. The van der Waals surface area contributed by atoms with Gasteiger partial charge in [-0.2, -0.15) is 0 Å². The monoisotopic (exact) mass is 270 g/mol. The standard InChI is InChI=1S/C15H24F2N2/c1-4-5-6-7-19(3)15-13(16)9-12(8-11(2)18)10-14(15)17/h9-11H,4-8,18H2,1-3H3. The minimum atomic E-state index is -0.505. The van der Waals surface area contributed by atoms with Gasteiger partial charge in [0.2, 0.25) is 0 Å². The van der Waals surface area contributed by atoms with Gasteiger partial charge in [-0.15, -0.1) is 0 Å². The van der Waals surface area contributed by atoms with Crippen LogP contribution in [0.25, 0.3) is 0 Å². The van der Waals surface area contributed by atoms with Gasteiger partial charge in [-0.25, -0.2) is 8.78 Å². The molecule has 0 radical (unpaired) electrons. The van der Waals surface area contributed by atoms with Crippen molar-refractivity contribution >= 4 is 5.69 Å². The summed E-state index contributed by atoms with van der Waals surface area (Å²) in [7, 11) is 1.72. The van der Waals surface area contributed by atoms with Crippen LogP contribution in [0.3, 0.4) is 0 Å². The molecule has 0 fully saturated rings. The van der Waals surface area contributed by atoms with E-state index in [1.807, 2.05) is 6.92 Å². The van der Waals surface area contributed by atoms with Crippen LogP contribution in [0, 0.1) is 11.6 Å². The van der Waals surface area contributed by atoms with Gasteiger partial charge < -0.3 is 10.6 Å². The van der Waals surface area contributed by atoms with Crippen molar-refractivity contribution in [1.29, 1.82) is 0 Å². The van der Waals surface area contributed by atoms with Gasteiger partial charge in [0.1, 0.15) is 17.3 Å². The highest BCUT2D eigenvalue weighted by atomic mass is 19.1. The van der Waals surface area contributed by atoms with Crippen LogP contribution in [-0.2, 0) is 6.42 Å². The Morgan fingerprint density at radius 1 is 1.21 bits per heavy atom. The Kier molecular flexibility index (Phi) is 6.22. The molecule has 0 aliphatic rings. The minimum absolute atomic E-state index is 0.0597. The molecule has 2 nitrogen and oxygen atoms in total. The molecule has 0 saturated heterocycles. The molecule has 19 heavy (non-hydrogen) atoms. The van der Waals surface area contributed by atoms with Gasteiger partial charge in [-0.3, -0.25) is 0 Å². The number of unbranched alkanes of at least 4 members (excludes halogenated alkanes) is 2. The first-order valence-electron chi connectivity index (χ1n) is 6.90. The topological polar surface area (TPSA) is 29.3 Å². The van der Waals surface area contributed by atoms with E-state index in [9.17, 15) is 8.78 Å². The van der Waals surface area contributed by atoms with Gasteiger partial charge in [0, 0.05) is 19.6 Å². The Morgan fingerprint density at radius 2 is 1.79 bits per heavy atom. The minimum Gasteiger partial charge on any atom is -0.370 e. The first-order valence-corrected chi connectivity index (χ1v) is 6.90. The summed E-state index contributed by atoms with van der Waals surface area (Å²) in [4.78, 5) is 1.65. The van der Waals surface area contributed by atoms with Gasteiger partial charge in [-0.1, -0.05) is 19.8 Å². The van der Waals surface area contributed by atoms with Gasteiger partial charge in [0.05, 0.1) is 0 Å². The van der Waals surface area contributed by atoms with Crippen molar-refractivity contribution < 1.29 is 8.78 Å². The summed E-state index contributed by atoms with van der Waals surface area (Å²) in [5.74, 6) is -1.01. The highest BCUT2D eigenvalue weighted by Gasteiger charge is 2.15. The third kappa shape index (κ3) is 4.78. The molecule has 4 heteroatoms.